The fourth-order valence-corrected chi connectivity index (χ4v) is 4.02. The summed E-state index contributed by atoms with van der Waals surface area (Å²) in [4.78, 5) is 22.3. The molecule has 4 nitrogen and oxygen atoms in total. The molecular weight excluding hydrogens is 340 g/mol. The minimum atomic E-state index is -0.312. The van der Waals surface area contributed by atoms with Crippen molar-refractivity contribution in [3.05, 3.63) is 59.7 Å². The Balaban J connectivity index is 1.88. The van der Waals surface area contributed by atoms with E-state index in [0.717, 1.165) is 0 Å². The fourth-order valence-electron chi connectivity index (χ4n) is 4.02. The Morgan fingerprint density at radius 3 is 1.52 bits per heavy atom. The maximum absolute atomic E-state index is 11.2. The predicted molar refractivity (Wildman–Crippen MR) is 104 cm³/mol. The lowest BCUT2D eigenvalue weighted by Gasteiger charge is -2.31. The van der Waals surface area contributed by atoms with Gasteiger partial charge in [-0.15, -0.1) is 0 Å². The molecule has 0 aliphatic heterocycles. The summed E-state index contributed by atoms with van der Waals surface area (Å²) in [6, 6.07) is 15.7. The predicted octanol–water partition coefficient (Wildman–Crippen LogP) is 5.25. The van der Waals surface area contributed by atoms with Crippen LogP contribution in [0.4, 0.5) is 0 Å². The highest BCUT2D eigenvalue weighted by atomic mass is 16.5. The van der Waals surface area contributed by atoms with E-state index in [1.165, 1.54) is 57.1 Å². The van der Waals surface area contributed by atoms with Crippen molar-refractivity contribution in [2.45, 2.75) is 51.9 Å². The van der Waals surface area contributed by atoms with Crippen LogP contribution in [0.3, 0.4) is 0 Å². The topological polar surface area (TPSA) is 52.6 Å². The Morgan fingerprint density at radius 2 is 1.15 bits per heavy atom. The van der Waals surface area contributed by atoms with Crippen LogP contribution in [-0.4, -0.2) is 11.9 Å². The van der Waals surface area contributed by atoms with Gasteiger partial charge in [0.1, 0.15) is 11.5 Å². The van der Waals surface area contributed by atoms with Crippen LogP contribution in [0.1, 0.15) is 63.0 Å². The molecule has 2 aromatic carbocycles. The summed E-state index contributed by atoms with van der Waals surface area (Å²) in [5.41, 5.74) is 2.44. The standard InChI is InChI=1S/C23H26O4/c1-16(24)26-21-12-8-19(9-13-21)23(18-6-4-3-5-7-18)20-10-14-22(15-11-20)27-17(2)25/h8-15,18,23H,3-7H2,1-2H3. The lowest BCUT2D eigenvalue weighted by atomic mass is 9.73. The lowest BCUT2D eigenvalue weighted by molar-refractivity contribution is -0.132. The summed E-state index contributed by atoms with van der Waals surface area (Å²) in [6.45, 7) is 2.81. The molecule has 0 amide bonds. The minimum absolute atomic E-state index is 0.281. The SMILES string of the molecule is CC(=O)Oc1ccc(C(c2ccc(OC(C)=O)cc2)C2CCCCC2)cc1. The molecule has 2 aromatic rings. The highest BCUT2D eigenvalue weighted by Gasteiger charge is 2.26. The van der Waals surface area contributed by atoms with Gasteiger partial charge in [-0.3, -0.25) is 9.59 Å². The van der Waals surface area contributed by atoms with Crippen LogP contribution in [0.15, 0.2) is 48.5 Å². The largest absolute Gasteiger partial charge is 0.427 e. The van der Waals surface area contributed by atoms with E-state index in [0.29, 0.717) is 17.4 Å². The average Bonchev–Trinajstić information content (AvgIpc) is 2.65. The summed E-state index contributed by atoms with van der Waals surface area (Å²) in [5.74, 6) is 1.37. The molecule has 0 radical (unpaired) electrons. The summed E-state index contributed by atoms with van der Waals surface area (Å²) in [7, 11) is 0. The molecule has 1 fully saturated rings. The summed E-state index contributed by atoms with van der Waals surface area (Å²) < 4.78 is 10.3. The number of rotatable bonds is 5. The maximum Gasteiger partial charge on any atom is 0.308 e. The van der Waals surface area contributed by atoms with E-state index < -0.39 is 0 Å². The number of carbonyl (C=O) groups is 2. The molecule has 4 heteroatoms. The first-order valence-corrected chi connectivity index (χ1v) is 9.59. The second-order valence-corrected chi connectivity index (χ2v) is 7.20. The summed E-state index contributed by atoms with van der Waals surface area (Å²) >= 11 is 0. The third-order valence-electron chi connectivity index (χ3n) is 5.12. The van der Waals surface area contributed by atoms with Crippen molar-refractivity contribution >= 4 is 11.9 Å². The average molecular weight is 366 g/mol. The van der Waals surface area contributed by atoms with Crippen molar-refractivity contribution in [3.63, 3.8) is 0 Å². The molecule has 142 valence electrons. The third kappa shape index (κ3) is 5.19. The van der Waals surface area contributed by atoms with E-state index in [4.69, 9.17) is 9.47 Å². The van der Waals surface area contributed by atoms with Gasteiger partial charge in [-0.25, -0.2) is 0 Å². The second kappa shape index (κ2) is 8.85. The lowest BCUT2D eigenvalue weighted by Crippen LogP contribution is -2.17. The van der Waals surface area contributed by atoms with Crippen LogP contribution in [0, 0.1) is 5.92 Å². The fraction of sp³-hybridized carbons (Fsp3) is 0.391. The van der Waals surface area contributed by atoms with Crippen LogP contribution in [-0.2, 0) is 9.59 Å². The van der Waals surface area contributed by atoms with Crippen LogP contribution < -0.4 is 9.47 Å². The molecule has 0 N–H and O–H groups in total. The first-order chi connectivity index (χ1) is 13.0. The first-order valence-electron chi connectivity index (χ1n) is 9.59. The molecule has 1 aliphatic carbocycles. The number of ether oxygens (including phenoxy) is 2. The second-order valence-electron chi connectivity index (χ2n) is 7.20. The van der Waals surface area contributed by atoms with Gasteiger partial charge in [0.05, 0.1) is 0 Å². The number of carbonyl (C=O) groups excluding carboxylic acids is 2. The van der Waals surface area contributed by atoms with Crippen LogP contribution in [0.5, 0.6) is 11.5 Å². The van der Waals surface area contributed by atoms with Gasteiger partial charge in [0.15, 0.2) is 0 Å². The maximum atomic E-state index is 11.2. The quantitative estimate of drug-likeness (QED) is 0.536. The number of esters is 2. The molecular formula is C23H26O4. The van der Waals surface area contributed by atoms with Gasteiger partial charge >= 0.3 is 11.9 Å². The van der Waals surface area contributed by atoms with Gasteiger partial charge in [-0.2, -0.15) is 0 Å². The Labute approximate surface area is 160 Å². The zero-order chi connectivity index (χ0) is 19.2. The smallest absolute Gasteiger partial charge is 0.308 e. The van der Waals surface area contributed by atoms with Crippen molar-refractivity contribution in [1.82, 2.24) is 0 Å². The number of benzene rings is 2. The monoisotopic (exact) mass is 366 g/mol. The van der Waals surface area contributed by atoms with Gasteiger partial charge in [0.25, 0.3) is 0 Å². The van der Waals surface area contributed by atoms with Crippen LogP contribution >= 0.6 is 0 Å². The van der Waals surface area contributed by atoms with Gasteiger partial charge in [0, 0.05) is 19.8 Å². The van der Waals surface area contributed by atoms with Gasteiger partial charge in [0.2, 0.25) is 0 Å². The Bertz CT molecular complexity index is 712. The first kappa shape index (κ1) is 19.2. The van der Waals surface area contributed by atoms with Gasteiger partial charge in [-0.1, -0.05) is 43.5 Å². The molecule has 0 bridgehead atoms. The summed E-state index contributed by atoms with van der Waals surface area (Å²) in [6.07, 6.45) is 6.25. The van der Waals surface area contributed by atoms with Gasteiger partial charge < -0.3 is 9.47 Å². The highest BCUT2D eigenvalue weighted by Crippen LogP contribution is 2.41. The van der Waals surface area contributed by atoms with Crippen molar-refractivity contribution in [1.29, 1.82) is 0 Å². The molecule has 1 saturated carbocycles. The molecule has 0 saturated heterocycles. The Kier molecular flexibility index (Phi) is 6.28. The highest BCUT2D eigenvalue weighted by molar-refractivity contribution is 5.69. The number of hydrogen-bond donors (Lipinski definition) is 0. The van der Waals surface area contributed by atoms with E-state index >= 15 is 0 Å². The minimum Gasteiger partial charge on any atom is -0.427 e. The Morgan fingerprint density at radius 1 is 0.741 bits per heavy atom. The molecule has 0 unspecified atom stereocenters. The molecule has 1 aliphatic rings. The van der Waals surface area contributed by atoms with Crippen molar-refractivity contribution in [2.75, 3.05) is 0 Å². The molecule has 0 atom stereocenters. The normalized spacial score (nSPS) is 14.8. The van der Waals surface area contributed by atoms with E-state index in [9.17, 15) is 9.59 Å². The molecule has 0 spiro atoms. The summed E-state index contributed by atoms with van der Waals surface area (Å²) in [5, 5.41) is 0. The van der Waals surface area contributed by atoms with Crippen molar-refractivity contribution < 1.29 is 19.1 Å². The molecule has 3 rings (SSSR count). The van der Waals surface area contributed by atoms with Gasteiger partial charge in [-0.05, 0) is 54.2 Å². The van der Waals surface area contributed by atoms with E-state index in [1.807, 2.05) is 24.3 Å². The Hall–Kier alpha value is -2.62. The van der Waals surface area contributed by atoms with Crippen LogP contribution in [0.2, 0.25) is 0 Å². The molecule has 27 heavy (non-hydrogen) atoms. The van der Waals surface area contributed by atoms with E-state index in [1.54, 1.807) is 0 Å². The van der Waals surface area contributed by atoms with E-state index in [2.05, 4.69) is 24.3 Å². The van der Waals surface area contributed by atoms with Crippen LogP contribution in [0.25, 0.3) is 0 Å². The zero-order valence-corrected chi connectivity index (χ0v) is 15.9. The third-order valence-corrected chi connectivity index (χ3v) is 5.12. The molecule has 0 heterocycles. The van der Waals surface area contributed by atoms with Crippen molar-refractivity contribution in [3.8, 4) is 11.5 Å². The molecule has 0 aromatic heterocycles. The van der Waals surface area contributed by atoms with Crippen molar-refractivity contribution in [2.24, 2.45) is 5.92 Å². The zero-order valence-electron chi connectivity index (χ0n) is 15.9. The van der Waals surface area contributed by atoms with E-state index in [-0.39, 0.29) is 17.9 Å². The number of hydrogen-bond acceptors (Lipinski definition) is 4.